The minimum Gasteiger partial charge on any atom is -0.503 e. The van der Waals surface area contributed by atoms with Crippen molar-refractivity contribution < 1.29 is 14.7 Å². The molecule has 0 saturated carbocycles. The largest absolute Gasteiger partial charge is 0.503 e. The maximum Gasteiger partial charge on any atom is 0.290 e. The lowest BCUT2D eigenvalue weighted by Gasteiger charge is -2.29. The monoisotopic (exact) mass is 414 g/mol. The molecule has 1 atom stereocenters. The van der Waals surface area contributed by atoms with Gasteiger partial charge in [-0.25, -0.2) is 4.98 Å². The Morgan fingerprint density at radius 3 is 2.59 bits per heavy atom. The second-order valence-corrected chi connectivity index (χ2v) is 8.16. The normalized spacial score (nSPS) is 16.9. The summed E-state index contributed by atoms with van der Waals surface area (Å²) in [6, 6.07) is 2.93. The number of likely N-dealkylation sites (N-methyl/N-ethyl adjacent to an activating group) is 1. The van der Waals surface area contributed by atoms with E-state index in [9.17, 15) is 14.7 Å². The number of nitrogens with zero attached hydrogens (tertiary/aromatic N) is 4. The molecule has 0 radical (unpaired) electrons. The molecule has 3 heterocycles. The molecule has 7 nitrogen and oxygen atoms in total. The first kappa shape index (κ1) is 21.1. The van der Waals surface area contributed by atoms with Crippen LogP contribution < -0.4 is 0 Å². The van der Waals surface area contributed by atoms with E-state index in [1.165, 1.54) is 11.3 Å². The highest BCUT2D eigenvalue weighted by Crippen LogP contribution is 2.39. The predicted molar refractivity (Wildman–Crippen MR) is 112 cm³/mol. The average Bonchev–Trinajstić information content (AvgIpc) is 3.19. The van der Waals surface area contributed by atoms with Crippen LogP contribution in [-0.2, 0) is 4.79 Å². The van der Waals surface area contributed by atoms with Crippen molar-refractivity contribution in [3.05, 3.63) is 57.0 Å². The maximum atomic E-state index is 13.4. The Kier molecular flexibility index (Phi) is 6.44. The van der Waals surface area contributed by atoms with Crippen LogP contribution in [0.5, 0.6) is 0 Å². The number of pyridine rings is 1. The number of aryl methyl sites for hydroxylation is 2. The minimum atomic E-state index is -0.666. The topological polar surface area (TPSA) is 86.6 Å². The zero-order chi connectivity index (χ0) is 21.1. The molecule has 154 valence electrons. The Morgan fingerprint density at radius 1 is 1.31 bits per heavy atom. The lowest BCUT2D eigenvalue weighted by molar-refractivity contribution is -0.129. The zero-order valence-corrected chi connectivity index (χ0v) is 18.0. The van der Waals surface area contributed by atoms with Crippen LogP contribution in [0.15, 0.2) is 35.9 Å². The smallest absolute Gasteiger partial charge is 0.290 e. The van der Waals surface area contributed by atoms with Crippen molar-refractivity contribution in [3.63, 3.8) is 0 Å². The number of carbonyl (C=O) groups is 2. The molecule has 0 aliphatic carbocycles. The Hall–Kier alpha value is -2.58. The van der Waals surface area contributed by atoms with Gasteiger partial charge in [0.1, 0.15) is 0 Å². The summed E-state index contributed by atoms with van der Waals surface area (Å²) in [6.07, 6.45) is 3.28. The van der Waals surface area contributed by atoms with E-state index in [0.29, 0.717) is 29.2 Å². The fourth-order valence-corrected chi connectivity index (χ4v) is 4.53. The minimum absolute atomic E-state index is 0.106. The Morgan fingerprint density at radius 2 is 2.03 bits per heavy atom. The Bertz CT molecular complexity index is 935. The second-order valence-electron chi connectivity index (χ2n) is 6.95. The Labute approximate surface area is 174 Å². The molecule has 1 aliphatic heterocycles. The number of aliphatic hydroxyl groups excluding tert-OH is 1. The van der Waals surface area contributed by atoms with Crippen LogP contribution in [0.4, 0.5) is 0 Å². The van der Waals surface area contributed by atoms with Crippen LogP contribution in [0.2, 0.25) is 0 Å². The van der Waals surface area contributed by atoms with Crippen LogP contribution >= 0.6 is 11.3 Å². The molecule has 8 heteroatoms. The third kappa shape index (κ3) is 4.09. The number of hydrogen-bond donors (Lipinski definition) is 1. The number of hydrogen-bond acceptors (Lipinski definition) is 7. The third-order valence-corrected chi connectivity index (χ3v) is 6.28. The van der Waals surface area contributed by atoms with Gasteiger partial charge in [-0.1, -0.05) is 19.9 Å². The van der Waals surface area contributed by atoms with Crippen molar-refractivity contribution in [2.24, 2.45) is 0 Å². The van der Waals surface area contributed by atoms with E-state index in [1.54, 1.807) is 30.3 Å². The molecule has 0 spiro atoms. The number of Topliss-reactive ketones (excluding diaryl/α,β-unsaturated/α-hetero) is 1. The van der Waals surface area contributed by atoms with Crippen molar-refractivity contribution in [2.75, 3.05) is 26.2 Å². The first-order chi connectivity index (χ1) is 13.9. The summed E-state index contributed by atoms with van der Waals surface area (Å²) in [4.78, 5) is 39.0. The molecule has 1 amide bonds. The molecule has 0 unspecified atom stereocenters. The van der Waals surface area contributed by atoms with Crippen LogP contribution in [0.3, 0.4) is 0 Å². The van der Waals surface area contributed by atoms with E-state index < -0.39 is 17.7 Å². The number of rotatable bonds is 8. The summed E-state index contributed by atoms with van der Waals surface area (Å²) < 4.78 is 0. The third-order valence-electron chi connectivity index (χ3n) is 5.21. The van der Waals surface area contributed by atoms with E-state index in [4.69, 9.17) is 0 Å². The highest BCUT2D eigenvalue weighted by atomic mass is 32.1. The summed E-state index contributed by atoms with van der Waals surface area (Å²) in [5.74, 6) is -1.35. The van der Waals surface area contributed by atoms with Crippen molar-refractivity contribution in [2.45, 2.75) is 33.7 Å². The van der Waals surface area contributed by atoms with E-state index in [-0.39, 0.29) is 11.4 Å². The fraction of sp³-hybridized carbons (Fsp3) is 0.429. The van der Waals surface area contributed by atoms with E-state index in [1.807, 2.05) is 13.0 Å². The highest BCUT2D eigenvalue weighted by Gasteiger charge is 2.44. The lowest BCUT2D eigenvalue weighted by atomic mass is 9.96. The van der Waals surface area contributed by atoms with Gasteiger partial charge in [0, 0.05) is 25.5 Å². The summed E-state index contributed by atoms with van der Waals surface area (Å²) in [5, 5.41) is 11.5. The van der Waals surface area contributed by atoms with Gasteiger partial charge in [-0.3, -0.25) is 14.6 Å². The first-order valence-corrected chi connectivity index (χ1v) is 10.6. The van der Waals surface area contributed by atoms with Crippen LogP contribution in [-0.4, -0.2) is 62.7 Å². The van der Waals surface area contributed by atoms with Gasteiger partial charge < -0.3 is 14.9 Å². The molecule has 0 bridgehead atoms. The van der Waals surface area contributed by atoms with Gasteiger partial charge >= 0.3 is 0 Å². The zero-order valence-electron chi connectivity index (χ0n) is 17.2. The van der Waals surface area contributed by atoms with Crippen LogP contribution in [0.25, 0.3) is 0 Å². The number of aromatic nitrogens is 2. The molecule has 29 heavy (non-hydrogen) atoms. The number of thiazole rings is 1. The lowest BCUT2D eigenvalue weighted by Crippen LogP contribution is -2.38. The van der Waals surface area contributed by atoms with Crippen molar-refractivity contribution >= 4 is 23.0 Å². The maximum absolute atomic E-state index is 13.4. The van der Waals surface area contributed by atoms with Gasteiger partial charge in [0.2, 0.25) is 5.78 Å². The van der Waals surface area contributed by atoms with Crippen LogP contribution in [0.1, 0.15) is 45.8 Å². The number of carbonyl (C=O) groups excluding carboxylic acids is 2. The fourth-order valence-electron chi connectivity index (χ4n) is 3.65. The average molecular weight is 415 g/mol. The summed E-state index contributed by atoms with van der Waals surface area (Å²) in [5.41, 5.74) is 1.41. The van der Waals surface area contributed by atoms with Gasteiger partial charge in [0.25, 0.3) is 5.91 Å². The van der Waals surface area contributed by atoms with Gasteiger partial charge in [0.15, 0.2) is 5.76 Å². The van der Waals surface area contributed by atoms with E-state index in [0.717, 1.165) is 18.1 Å². The number of aliphatic hydroxyl groups is 1. The first-order valence-electron chi connectivity index (χ1n) is 9.74. The van der Waals surface area contributed by atoms with E-state index >= 15 is 0 Å². The van der Waals surface area contributed by atoms with Crippen molar-refractivity contribution in [1.29, 1.82) is 0 Å². The van der Waals surface area contributed by atoms with Crippen molar-refractivity contribution in [3.8, 4) is 0 Å². The number of ketones is 1. The molecule has 1 N–H and O–H groups in total. The van der Waals surface area contributed by atoms with E-state index in [2.05, 4.69) is 28.7 Å². The molecule has 2 aromatic heterocycles. The Balaban J connectivity index is 2.02. The molecule has 3 rings (SSSR count). The summed E-state index contributed by atoms with van der Waals surface area (Å²) in [7, 11) is 0. The molecule has 0 fully saturated rings. The molecule has 0 saturated heterocycles. The standard InChI is InChI=1S/C21H26N4O3S/c1-5-24(6-2)10-11-25-17(15-8-7-9-22-12-15)16(19(27)21(25)28)18(26)20-13(3)23-14(4)29-20/h7-9,12,17,27H,5-6,10-11H2,1-4H3/t17-/m1/s1. The second kappa shape index (κ2) is 8.84. The van der Waals surface area contributed by atoms with Crippen molar-refractivity contribution in [1.82, 2.24) is 19.8 Å². The molecule has 2 aromatic rings. The molecular formula is C21H26N4O3S. The molecule has 0 aromatic carbocycles. The quantitative estimate of drug-likeness (QED) is 0.668. The predicted octanol–water partition coefficient (Wildman–Crippen LogP) is 3.08. The summed E-state index contributed by atoms with van der Waals surface area (Å²) >= 11 is 1.28. The van der Waals surface area contributed by atoms with Gasteiger partial charge in [-0.2, -0.15) is 0 Å². The van der Waals surface area contributed by atoms with Gasteiger partial charge in [-0.05, 0) is 38.6 Å². The SMILES string of the molecule is CCN(CC)CCN1C(=O)C(O)=C(C(=O)c2sc(C)nc2C)[C@H]1c1cccnc1. The van der Waals surface area contributed by atoms with Gasteiger partial charge in [-0.15, -0.1) is 11.3 Å². The number of amides is 1. The molecular weight excluding hydrogens is 388 g/mol. The van der Waals surface area contributed by atoms with Gasteiger partial charge in [0.05, 0.1) is 27.2 Å². The highest BCUT2D eigenvalue weighted by molar-refractivity contribution is 7.14. The summed E-state index contributed by atoms with van der Waals surface area (Å²) in [6.45, 7) is 10.5. The van der Waals surface area contributed by atoms with Crippen LogP contribution in [0, 0.1) is 13.8 Å². The molecule has 1 aliphatic rings.